The van der Waals surface area contributed by atoms with Gasteiger partial charge in [0.1, 0.15) is 0 Å². The normalized spacial score (nSPS) is 14.3. The summed E-state index contributed by atoms with van der Waals surface area (Å²) in [4.78, 5) is 0. The van der Waals surface area contributed by atoms with Crippen molar-refractivity contribution in [1.29, 1.82) is 0 Å². The second kappa shape index (κ2) is 7.96. The summed E-state index contributed by atoms with van der Waals surface area (Å²) in [6.45, 7) is 0. The lowest BCUT2D eigenvalue weighted by atomic mass is 10.2. The summed E-state index contributed by atoms with van der Waals surface area (Å²) in [6, 6.07) is 32.2. The molecule has 0 saturated carbocycles. The van der Waals surface area contributed by atoms with Gasteiger partial charge in [0.25, 0.3) is 0 Å². The Hall–Kier alpha value is -3.26. The molecule has 1 aliphatic rings. The second-order valence-electron chi connectivity index (χ2n) is 6.66. The van der Waals surface area contributed by atoms with E-state index in [-0.39, 0.29) is 0 Å². The van der Waals surface area contributed by atoms with E-state index >= 15 is 0 Å². The molecule has 0 aliphatic carbocycles. The van der Waals surface area contributed by atoms with E-state index < -0.39 is 8.07 Å². The van der Waals surface area contributed by atoms with Gasteiger partial charge in [-0.1, -0.05) is 84.6 Å². The van der Waals surface area contributed by atoms with Crippen LogP contribution in [0.25, 0.3) is 5.20 Å². The third-order valence-corrected chi connectivity index (χ3v) is 8.36. The first-order chi connectivity index (χ1) is 13.4. The van der Waals surface area contributed by atoms with Crippen LogP contribution < -0.4 is 0 Å². The third kappa shape index (κ3) is 3.95. The highest BCUT2D eigenvalue weighted by Crippen LogP contribution is 2.36. The van der Waals surface area contributed by atoms with Crippen LogP contribution in [0.3, 0.4) is 0 Å². The highest BCUT2D eigenvalue weighted by atomic mass is 28.3. The average Bonchev–Trinajstić information content (AvgIpc) is 3.17. The molecule has 27 heavy (non-hydrogen) atoms. The molecule has 4 rings (SSSR count). The van der Waals surface area contributed by atoms with Gasteiger partial charge < -0.3 is 0 Å². The predicted octanol–water partition coefficient (Wildman–Crippen LogP) is 5.64. The minimum absolute atomic E-state index is 1.06. The van der Waals surface area contributed by atoms with Gasteiger partial charge in [-0.15, -0.1) is 11.1 Å². The van der Waals surface area contributed by atoms with Crippen molar-refractivity contribution in [2.24, 2.45) is 0 Å². The van der Waals surface area contributed by atoms with Crippen molar-refractivity contribution in [2.75, 3.05) is 0 Å². The Bertz CT molecular complexity index is 999. The Labute approximate surface area is 162 Å². The molecule has 1 heteroatoms. The topological polar surface area (TPSA) is 0 Å². The van der Waals surface area contributed by atoms with Gasteiger partial charge in [0, 0.05) is 11.1 Å². The molecule has 0 unspecified atom stereocenters. The lowest BCUT2D eigenvalue weighted by molar-refractivity contribution is 1.23. The van der Waals surface area contributed by atoms with Crippen LogP contribution in [-0.2, 0) is 0 Å². The predicted molar refractivity (Wildman–Crippen MR) is 116 cm³/mol. The van der Waals surface area contributed by atoms with Crippen LogP contribution in [0.1, 0.15) is 23.1 Å². The molecule has 0 bridgehead atoms. The minimum atomic E-state index is -2.23. The minimum Gasteiger partial charge on any atom is -0.104 e. The molecule has 1 aliphatic heterocycles. The summed E-state index contributed by atoms with van der Waals surface area (Å²) < 4.78 is 0. The van der Waals surface area contributed by atoms with Gasteiger partial charge in [0.05, 0.1) is 0 Å². The highest BCUT2D eigenvalue weighted by Gasteiger charge is 2.38. The summed E-state index contributed by atoms with van der Waals surface area (Å²) in [5, 5.41) is 1.37. The summed E-state index contributed by atoms with van der Waals surface area (Å²) in [5.41, 5.74) is 10.7. The summed E-state index contributed by atoms with van der Waals surface area (Å²) >= 11 is 0. The zero-order valence-electron chi connectivity index (χ0n) is 15.2. The van der Waals surface area contributed by atoms with Gasteiger partial charge in [-0.25, -0.2) is 0 Å². The Morgan fingerprint density at radius 2 is 1.07 bits per heavy atom. The quantitative estimate of drug-likeness (QED) is 0.389. The first kappa shape index (κ1) is 17.2. The molecule has 0 radical (unpaired) electrons. The van der Waals surface area contributed by atoms with Crippen LogP contribution in [0, 0.1) is 22.9 Å². The molecule has 0 aromatic heterocycles. The number of hydrogen-bond acceptors (Lipinski definition) is 0. The van der Waals surface area contributed by atoms with Crippen LogP contribution in [0.2, 0.25) is 6.04 Å². The molecular formula is C26H20Si. The van der Waals surface area contributed by atoms with E-state index in [2.05, 4.69) is 83.6 Å². The third-order valence-electron chi connectivity index (χ3n) is 4.80. The van der Waals surface area contributed by atoms with Crippen molar-refractivity contribution in [3.8, 4) is 22.9 Å². The number of allylic oxidation sites excluding steroid dienone is 1. The lowest BCUT2D eigenvalue weighted by Gasteiger charge is -2.18. The van der Waals surface area contributed by atoms with Crippen molar-refractivity contribution in [1.82, 2.24) is 0 Å². The smallest absolute Gasteiger partial charge is 0.104 e. The fourth-order valence-electron chi connectivity index (χ4n) is 3.42. The van der Waals surface area contributed by atoms with E-state index in [9.17, 15) is 0 Å². The molecule has 0 N–H and O–H groups in total. The van der Waals surface area contributed by atoms with Gasteiger partial charge >= 0.3 is 0 Å². The second-order valence-corrected chi connectivity index (χ2v) is 10.0. The van der Waals surface area contributed by atoms with Crippen molar-refractivity contribution >= 4 is 13.3 Å². The van der Waals surface area contributed by atoms with E-state index in [1.807, 2.05) is 36.4 Å². The average molecular weight is 361 g/mol. The van der Waals surface area contributed by atoms with Crippen LogP contribution in [-0.4, -0.2) is 8.07 Å². The molecule has 3 aromatic carbocycles. The standard InChI is InChI=1S/C26H20Si/c1-4-11-23(12-5-1)18-21-27(22-19-24-13-6-2-7-14-24)20-10-17-26(27)25-15-8-3-9-16-25/h1-9,11-17H,10,20H2. The Morgan fingerprint density at radius 1 is 0.593 bits per heavy atom. The maximum Gasteiger partial charge on any atom is 0.247 e. The molecule has 128 valence electrons. The van der Waals surface area contributed by atoms with E-state index in [0.717, 1.165) is 23.6 Å². The lowest BCUT2D eigenvalue weighted by Crippen LogP contribution is -2.31. The monoisotopic (exact) mass is 360 g/mol. The van der Waals surface area contributed by atoms with Gasteiger partial charge in [0.15, 0.2) is 0 Å². The molecule has 0 spiro atoms. The van der Waals surface area contributed by atoms with Crippen molar-refractivity contribution in [3.05, 3.63) is 114 Å². The van der Waals surface area contributed by atoms with Gasteiger partial charge in [0.2, 0.25) is 8.07 Å². The van der Waals surface area contributed by atoms with E-state index in [4.69, 9.17) is 0 Å². The van der Waals surface area contributed by atoms with Gasteiger partial charge in [-0.3, -0.25) is 0 Å². The SMILES string of the molecule is C(#C[Si]1(C#Cc2ccccc2)CCC=C1c1ccccc1)c1ccccc1. The molecule has 3 aromatic rings. The largest absolute Gasteiger partial charge is 0.247 e. The summed E-state index contributed by atoms with van der Waals surface area (Å²) in [5.74, 6) is 6.86. The Kier molecular flexibility index (Phi) is 5.06. The van der Waals surface area contributed by atoms with E-state index in [0.29, 0.717) is 0 Å². The van der Waals surface area contributed by atoms with Crippen molar-refractivity contribution in [3.63, 3.8) is 0 Å². The fraction of sp³-hybridized carbons (Fsp3) is 0.0769. The van der Waals surface area contributed by atoms with Crippen molar-refractivity contribution in [2.45, 2.75) is 12.5 Å². The molecule has 0 fully saturated rings. The molecular weight excluding hydrogens is 340 g/mol. The molecule has 0 atom stereocenters. The van der Waals surface area contributed by atoms with Gasteiger partial charge in [-0.05, 0) is 47.5 Å². The van der Waals surface area contributed by atoms with E-state index in [1.165, 1.54) is 10.8 Å². The zero-order chi connectivity index (χ0) is 18.4. The van der Waals surface area contributed by atoms with Crippen LogP contribution in [0.5, 0.6) is 0 Å². The van der Waals surface area contributed by atoms with E-state index in [1.54, 1.807) is 0 Å². The summed E-state index contributed by atoms with van der Waals surface area (Å²) in [6.07, 6.45) is 3.42. The molecule has 1 heterocycles. The van der Waals surface area contributed by atoms with Crippen molar-refractivity contribution < 1.29 is 0 Å². The molecule has 0 amide bonds. The number of rotatable bonds is 1. The van der Waals surface area contributed by atoms with Crippen LogP contribution >= 0.6 is 0 Å². The first-order valence-corrected chi connectivity index (χ1v) is 11.5. The Balaban J connectivity index is 1.80. The fourth-order valence-corrected chi connectivity index (χ4v) is 6.71. The van der Waals surface area contributed by atoms with Crippen LogP contribution in [0.4, 0.5) is 0 Å². The number of benzene rings is 3. The maximum atomic E-state index is 3.68. The molecule has 0 saturated heterocycles. The summed E-state index contributed by atoms with van der Waals surface area (Å²) in [7, 11) is -2.23. The maximum absolute atomic E-state index is 3.68. The van der Waals surface area contributed by atoms with Crippen LogP contribution in [0.15, 0.2) is 97.1 Å². The number of hydrogen-bond donors (Lipinski definition) is 0. The first-order valence-electron chi connectivity index (χ1n) is 9.28. The van der Waals surface area contributed by atoms with Gasteiger partial charge in [-0.2, -0.15) is 0 Å². The highest BCUT2D eigenvalue weighted by molar-refractivity contribution is 7.09. The zero-order valence-corrected chi connectivity index (χ0v) is 16.2. The Morgan fingerprint density at radius 3 is 1.59 bits per heavy atom. The molecule has 0 nitrogen and oxygen atoms in total.